The van der Waals surface area contributed by atoms with Crippen LogP contribution in [-0.4, -0.2) is 64.8 Å². The van der Waals surface area contributed by atoms with E-state index in [2.05, 4.69) is 15.0 Å². The number of aromatic amines is 1. The molecule has 5 aromatic rings. The number of rotatable bonds is 15. The van der Waals surface area contributed by atoms with Crippen LogP contribution in [0.1, 0.15) is 48.5 Å². The standard InChI is InChI=1S/C37H43N5O4S/c1-27(2)21-32(26-46-36(43)25-42(23-30-11-7-5-8-12-30)24-31-13-9-6-10-14-31)41(4)47(44,45)33-17-15-29(16-18-33)22-35-37-34(19-20-38-35)39-28(3)40-37/h5-20,27,32H,21-26H2,1-4H3,(H,39,40)/t32-/m0/s1. The molecule has 9 nitrogen and oxygen atoms in total. The summed E-state index contributed by atoms with van der Waals surface area (Å²) < 4.78 is 34.7. The van der Waals surface area contributed by atoms with Crippen molar-refractivity contribution >= 4 is 27.0 Å². The Morgan fingerprint density at radius 2 is 1.49 bits per heavy atom. The van der Waals surface area contributed by atoms with Gasteiger partial charge in [0.15, 0.2) is 0 Å². The van der Waals surface area contributed by atoms with E-state index < -0.39 is 22.0 Å². The number of sulfonamides is 1. The Morgan fingerprint density at radius 3 is 2.09 bits per heavy atom. The van der Waals surface area contributed by atoms with Crippen LogP contribution in [0.15, 0.2) is 102 Å². The van der Waals surface area contributed by atoms with Crippen molar-refractivity contribution in [3.63, 3.8) is 0 Å². The Balaban J connectivity index is 1.24. The number of hydrogen-bond donors (Lipinski definition) is 1. The van der Waals surface area contributed by atoms with Gasteiger partial charge in [-0.25, -0.2) is 13.4 Å². The fourth-order valence-corrected chi connectivity index (χ4v) is 7.06. The SMILES string of the molecule is Cc1nc2c(Cc3ccc(S(=O)(=O)N(C)[C@H](COC(=O)CN(Cc4ccccc4)Cc4ccccc4)CC(C)C)cc3)nccc2[nH]1. The summed E-state index contributed by atoms with van der Waals surface area (Å²) in [5, 5.41) is 0. The first-order chi connectivity index (χ1) is 22.6. The summed E-state index contributed by atoms with van der Waals surface area (Å²) in [4.78, 5) is 27.7. The van der Waals surface area contributed by atoms with Crippen LogP contribution in [0.25, 0.3) is 11.0 Å². The highest BCUT2D eigenvalue weighted by Gasteiger charge is 2.30. The van der Waals surface area contributed by atoms with Gasteiger partial charge in [-0.05, 0) is 54.2 Å². The molecule has 0 fully saturated rings. The minimum Gasteiger partial charge on any atom is -0.463 e. The van der Waals surface area contributed by atoms with Gasteiger partial charge in [0, 0.05) is 32.8 Å². The van der Waals surface area contributed by atoms with E-state index in [-0.39, 0.29) is 24.0 Å². The second-order valence-corrected chi connectivity index (χ2v) is 14.4. The summed E-state index contributed by atoms with van der Waals surface area (Å²) in [6.45, 7) is 7.17. The van der Waals surface area contributed by atoms with Gasteiger partial charge in [-0.1, -0.05) is 86.6 Å². The fraction of sp³-hybridized carbons (Fsp3) is 0.324. The van der Waals surface area contributed by atoms with Crippen LogP contribution in [-0.2, 0) is 39.1 Å². The average molecular weight is 654 g/mol. The molecular formula is C37H43N5O4S. The highest BCUT2D eigenvalue weighted by Crippen LogP contribution is 2.23. The van der Waals surface area contributed by atoms with Gasteiger partial charge in [0.2, 0.25) is 10.0 Å². The van der Waals surface area contributed by atoms with Crippen molar-refractivity contribution in [1.29, 1.82) is 0 Å². The maximum Gasteiger partial charge on any atom is 0.320 e. The highest BCUT2D eigenvalue weighted by atomic mass is 32.2. The van der Waals surface area contributed by atoms with Crippen LogP contribution in [0.5, 0.6) is 0 Å². The fourth-order valence-electron chi connectivity index (χ4n) is 5.71. The minimum absolute atomic E-state index is 0.0336. The van der Waals surface area contributed by atoms with Crippen molar-refractivity contribution in [2.45, 2.75) is 57.6 Å². The van der Waals surface area contributed by atoms with Gasteiger partial charge >= 0.3 is 5.97 Å². The number of nitrogens with zero attached hydrogens (tertiary/aromatic N) is 4. The van der Waals surface area contributed by atoms with Crippen LogP contribution in [0, 0.1) is 12.8 Å². The number of hydrogen-bond acceptors (Lipinski definition) is 7. The van der Waals surface area contributed by atoms with Gasteiger partial charge in [0.1, 0.15) is 17.9 Å². The molecule has 5 rings (SSSR count). The number of benzene rings is 3. The monoisotopic (exact) mass is 653 g/mol. The summed E-state index contributed by atoms with van der Waals surface area (Å²) in [7, 11) is -2.30. The molecule has 0 aliphatic carbocycles. The summed E-state index contributed by atoms with van der Waals surface area (Å²) in [6.07, 6.45) is 2.81. The third kappa shape index (κ3) is 9.12. The van der Waals surface area contributed by atoms with E-state index in [1.165, 1.54) is 4.31 Å². The van der Waals surface area contributed by atoms with E-state index in [0.717, 1.165) is 39.2 Å². The number of imidazole rings is 1. The number of likely N-dealkylation sites (N-methyl/N-ethyl adjacent to an activating group) is 1. The van der Waals surface area contributed by atoms with Gasteiger partial charge < -0.3 is 9.72 Å². The molecule has 0 saturated carbocycles. The number of pyridine rings is 1. The molecule has 2 aromatic heterocycles. The maximum absolute atomic E-state index is 13.8. The topological polar surface area (TPSA) is 108 Å². The molecule has 0 radical (unpaired) electrons. The summed E-state index contributed by atoms with van der Waals surface area (Å²) in [5.74, 6) is 0.612. The summed E-state index contributed by atoms with van der Waals surface area (Å²) in [5.41, 5.74) is 5.67. The molecule has 246 valence electrons. The van der Waals surface area contributed by atoms with Crippen molar-refractivity contribution < 1.29 is 17.9 Å². The largest absolute Gasteiger partial charge is 0.463 e. The molecule has 2 heterocycles. The molecule has 1 N–H and O–H groups in total. The van der Waals surface area contributed by atoms with Gasteiger partial charge in [-0.2, -0.15) is 4.31 Å². The lowest BCUT2D eigenvalue weighted by Gasteiger charge is -2.29. The highest BCUT2D eigenvalue weighted by molar-refractivity contribution is 7.89. The number of esters is 1. The van der Waals surface area contributed by atoms with Crippen LogP contribution in [0.3, 0.4) is 0 Å². The van der Waals surface area contributed by atoms with E-state index >= 15 is 0 Å². The van der Waals surface area contributed by atoms with E-state index in [1.807, 2.05) is 105 Å². The van der Waals surface area contributed by atoms with Gasteiger partial charge in [0.25, 0.3) is 0 Å². The van der Waals surface area contributed by atoms with E-state index in [9.17, 15) is 13.2 Å². The predicted molar refractivity (Wildman–Crippen MR) is 184 cm³/mol. The first-order valence-electron chi connectivity index (χ1n) is 15.9. The lowest BCUT2D eigenvalue weighted by molar-refractivity contribution is -0.146. The Labute approximate surface area is 277 Å². The van der Waals surface area contributed by atoms with Crippen LogP contribution < -0.4 is 0 Å². The molecule has 0 spiro atoms. The molecule has 0 amide bonds. The minimum atomic E-state index is -3.86. The first-order valence-corrected chi connectivity index (χ1v) is 17.4. The second kappa shape index (κ2) is 15.5. The van der Waals surface area contributed by atoms with Crippen LogP contribution in [0.2, 0.25) is 0 Å². The van der Waals surface area contributed by atoms with Crippen LogP contribution >= 0.6 is 0 Å². The number of nitrogens with one attached hydrogen (secondary N) is 1. The molecule has 47 heavy (non-hydrogen) atoms. The number of aryl methyl sites for hydroxylation is 1. The maximum atomic E-state index is 13.8. The van der Waals surface area contributed by atoms with E-state index in [4.69, 9.17) is 4.74 Å². The van der Waals surface area contributed by atoms with E-state index in [0.29, 0.717) is 25.9 Å². The van der Waals surface area contributed by atoms with Gasteiger partial charge in [-0.3, -0.25) is 14.7 Å². The molecule has 0 saturated heterocycles. The third-order valence-corrected chi connectivity index (χ3v) is 10.0. The molecule has 1 atom stereocenters. The van der Waals surface area contributed by atoms with Crippen molar-refractivity contribution in [3.8, 4) is 0 Å². The zero-order chi connectivity index (χ0) is 33.4. The molecular weight excluding hydrogens is 611 g/mol. The lowest BCUT2D eigenvalue weighted by Crippen LogP contribution is -2.42. The Hall–Kier alpha value is -4.38. The molecule has 10 heteroatoms. The van der Waals surface area contributed by atoms with Crippen molar-refractivity contribution in [2.24, 2.45) is 5.92 Å². The quantitative estimate of drug-likeness (QED) is 0.135. The molecule has 0 unspecified atom stereocenters. The van der Waals surface area contributed by atoms with Crippen molar-refractivity contribution in [1.82, 2.24) is 24.2 Å². The number of H-pyrrole nitrogens is 1. The number of aromatic nitrogens is 3. The predicted octanol–water partition coefficient (Wildman–Crippen LogP) is 6.14. The second-order valence-electron chi connectivity index (χ2n) is 12.4. The van der Waals surface area contributed by atoms with Gasteiger partial charge in [0.05, 0.1) is 28.7 Å². The number of fused-ring (bicyclic) bond motifs is 1. The Morgan fingerprint density at radius 1 is 0.872 bits per heavy atom. The summed E-state index contributed by atoms with van der Waals surface area (Å²) in [6, 6.07) is 28.2. The third-order valence-electron chi connectivity index (χ3n) is 8.11. The van der Waals surface area contributed by atoms with Gasteiger partial charge in [-0.15, -0.1) is 0 Å². The van der Waals surface area contributed by atoms with E-state index in [1.54, 1.807) is 25.4 Å². The normalized spacial score (nSPS) is 12.7. The average Bonchev–Trinajstić information content (AvgIpc) is 3.45. The number of ether oxygens (including phenoxy) is 1. The Bertz CT molecular complexity index is 1820. The zero-order valence-corrected chi connectivity index (χ0v) is 28.3. The number of carbonyl (C=O) groups excluding carboxylic acids is 1. The van der Waals surface area contributed by atoms with Crippen molar-refractivity contribution in [3.05, 3.63) is 125 Å². The lowest BCUT2D eigenvalue weighted by atomic mass is 10.0. The van der Waals surface area contributed by atoms with Crippen molar-refractivity contribution in [2.75, 3.05) is 20.2 Å². The Kier molecular flexibility index (Phi) is 11.2. The molecule has 0 aliphatic rings. The molecule has 3 aromatic carbocycles. The smallest absolute Gasteiger partial charge is 0.320 e. The molecule has 0 aliphatic heterocycles. The number of carbonyl (C=O) groups is 1. The zero-order valence-electron chi connectivity index (χ0n) is 27.5. The first kappa shape index (κ1) is 34.0. The summed E-state index contributed by atoms with van der Waals surface area (Å²) >= 11 is 0. The molecule has 0 bridgehead atoms. The van der Waals surface area contributed by atoms with Crippen LogP contribution in [0.4, 0.5) is 0 Å².